The van der Waals surface area contributed by atoms with Gasteiger partial charge in [0.25, 0.3) is 0 Å². The minimum absolute atomic E-state index is 0.354. The third-order valence-corrected chi connectivity index (χ3v) is 3.92. The number of hydrogen-bond donors (Lipinski definition) is 2. The van der Waals surface area contributed by atoms with E-state index < -0.39 is 5.97 Å². The van der Waals surface area contributed by atoms with Crippen LogP contribution in [-0.4, -0.2) is 20.6 Å². The maximum absolute atomic E-state index is 11.3. The Bertz CT molecular complexity index is 824. The first-order valence-corrected chi connectivity index (χ1v) is 6.48. The van der Waals surface area contributed by atoms with Crippen LogP contribution in [-0.2, 0) is 7.05 Å². The third kappa shape index (κ3) is 1.65. The van der Waals surface area contributed by atoms with Crippen LogP contribution in [0.15, 0.2) is 30.3 Å². The van der Waals surface area contributed by atoms with Crippen molar-refractivity contribution in [3.8, 4) is 11.3 Å². The van der Waals surface area contributed by atoms with Gasteiger partial charge in [0.15, 0.2) is 0 Å². The van der Waals surface area contributed by atoms with E-state index in [4.69, 9.17) is 0 Å². The van der Waals surface area contributed by atoms with Crippen molar-refractivity contribution in [3.63, 3.8) is 0 Å². The van der Waals surface area contributed by atoms with Crippen LogP contribution in [0.3, 0.4) is 0 Å². The number of carboxylic acids is 1. The molecule has 102 valence electrons. The molecule has 3 rings (SSSR count). The van der Waals surface area contributed by atoms with Crippen LogP contribution < -0.4 is 0 Å². The molecule has 0 atom stereocenters. The molecule has 0 amide bonds. The number of hydrogen-bond acceptors (Lipinski definition) is 1. The van der Waals surface area contributed by atoms with Gasteiger partial charge in [-0.1, -0.05) is 18.2 Å². The highest BCUT2D eigenvalue weighted by atomic mass is 16.4. The Balaban J connectivity index is 2.34. The minimum atomic E-state index is -0.887. The summed E-state index contributed by atoms with van der Waals surface area (Å²) in [7, 11) is 1.90. The molecule has 4 nitrogen and oxygen atoms in total. The van der Waals surface area contributed by atoms with E-state index in [1.807, 2.05) is 43.7 Å². The average molecular weight is 268 g/mol. The first kappa shape index (κ1) is 12.5. The fourth-order valence-electron chi connectivity index (χ4n) is 2.76. The van der Waals surface area contributed by atoms with Crippen LogP contribution in [0.25, 0.3) is 22.2 Å². The standard InChI is InChI=1S/C16H16N2O2/c1-9-15(11-6-4-5-7-13(11)17-9)14-8-12(16(19)20)10(2)18(14)3/h4-8,17H,1-3H3,(H,19,20). The lowest BCUT2D eigenvalue weighted by molar-refractivity contribution is 0.0696. The van der Waals surface area contributed by atoms with Gasteiger partial charge >= 0.3 is 5.97 Å². The molecule has 0 bridgehead atoms. The average Bonchev–Trinajstić information content (AvgIpc) is 2.88. The smallest absolute Gasteiger partial charge is 0.337 e. The van der Waals surface area contributed by atoms with Gasteiger partial charge in [-0.15, -0.1) is 0 Å². The number of aromatic amines is 1. The summed E-state index contributed by atoms with van der Waals surface area (Å²) in [6.45, 7) is 3.84. The van der Waals surface area contributed by atoms with Crippen molar-refractivity contribution in [3.05, 3.63) is 47.3 Å². The van der Waals surface area contributed by atoms with Crippen molar-refractivity contribution in [1.29, 1.82) is 0 Å². The Hall–Kier alpha value is -2.49. The minimum Gasteiger partial charge on any atom is -0.478 e. The van der Waals surface area contributed by atoms with Gasteiger partial charge in [-0.3, -0.25) is 0 Å². The second-order valence-corrected chi connectivity index (χ2v) is 5.06. The highest BCUT2D eigenvalue weighted by Gasteiger charge is 2.19. The zero-order valence-electron chi connectivity index (χ0n) is 11.7. The van der Waals surface area contributed by atoms with E-state index in [1.54, 1.807) is 6.07 Å². The topological polar surface area (TPSA) is 58.0 Å². The Morgan fingerprint density at radius 2 is 1.95 bits per heavy atom. The summed E-state index contributed by atoms with van der Waals surface area (Å²) >= 11 is 0. The van der Waals surface area contributed by atoms with Crippen molar-refractivity contribution in [2.45, 2.75) is 13.8 Å². The molecule has 0 aliphatic heterocycles. The molecule has 1 aromatic carbocycles. The van der Waals surface area contributed by atoms with Crippen LogP contribution in [0.2, 0.25) is 0 Å². The van der Waals surface area contributed by atoms with Crippen molar-refractivity contribution < 1.29 is 9.90 Å². The SMILES string of the molecule is Cc1[nH]c2ccccc2c1-c1cc(C(=O)O)c(C)n1C. The highest BCUT2D eigenvalue weighted by molar-refractivity contribution is 5.99. The van der Waals surface area contributed by atoms with Crippen LogP contribution >= 0.6 is 0 Å². The number of carboxylic acid groups (broad SMARTS) is 1. The normalized spacial score (nSPS) is 11.2. The van der Waals surface area contributed by atoms with Gasteiger partial charge in [0, 0.05) is 34.9 Å². The monoisotopic (exact) mass is 268 g/mol. The van der Waals surface area contributed by atoms with Gasteiger partial charge < -0.3 is 14.7 Å². The van der Waals surface area contributed by atoms with E-state index in [1.165, 1.54) is 0 Å². The molecular formula is C16H16N2O2. The number of rotatable bonds is 2. The molecule has 0 radical (unpaired) electrons. The fourth-order valence-corrected chi connectivity index (χ4v) is 2.76. The number of aryl methyl sites for hydroxylation is 1. The molecule has 0 unspecified atom stereocenters. The summed E-state index contributed by atoms with van der Waals surface area (Å²) in [5.41, 5.74) is 5.22. The summed E-state index contributed by atoms with van der Waals surface area (Å²) < 4.78 is 1.94. The Morgan fingerprint density at radius 3 is 2.60 bits per heavy atom. The Kier molecular flexibility index (Phi) is 2.67. The number of nitrogens with one attached hydrogen (secondary N) is 1. The molecular weight excluding hydrogens is 252 g/mol. The summed E-state index contributed by atoms with van der Waals surface area (Å²) in [5.74, 6) is -0.887. The fraction of sp³-hybridized carbons (Fsp3) is 0.188. The van der Waals surface area contributed by atoms with Crippen molar-refractivity contribution >= 4 is 16.9 Å². The lowest BCUT2D eigenvalue weighted by atomic mass is 10.1. The molecule has 0 fully saturated rings. The number of para-hydroxylation sites is 1. The second-order valence-electron chi connectivity index (χ2n) is 5.06. The number of carbonyl (C=O) groups is 1. The molecule has 20 heavy (non-hydrogen) atoms. The summed E-state index contributed by atoms with van der Waals surface area (Å²) in [6, 6.07) is 9.81. The first-order chi connectivity index (χ1) is 9.50. The van der Waals surface area contributed by atoms with E-state index in [9.17, 15) is 9.90 Å². The van der Waals surface area contributed by atoms with E-state index in [0.29, 0.717) is 5.56 Å². The third-order valence-electron chi connectivity index (χ3n) is 3.92. The number of benzene rings is 1. The first-order valence-electron chi connectivity index (χ1n) is 6.48. The van der Waals surface area contributed by atoms with Gasteiger partial charge in [0.1, 0.15) is 0 Å². The zero-order valence-corrected chi connectivity index (χ0v) is 11.7. The van der Waals surface area contributed by atoms with Crippen molar-refractivity contribution in [2.75, 3.05) is 0 Å². The molecule has 4 heteroatoms. The summed E-state index contributed by atoms with van der Waals surface area (Å²) in [5, 5.41) is 10.4. The van der Waals surface area contributed by atoms with E-state index in [-0.39, 0.29) is 0 Å². The van der Waals surface area contributed by atoms with Gasteiger partial charge in [0.2, 0.25) is 0 Å². The largest absolute Gasteiger partial charge is 0.478 e. The predicted octanol–water partition coefficient (Wildman–Crippen LogP) is 3.49. The van der Waals surface area contributed by atoms with Crippen LogP contribution in [0.5, 0.6) is 0 Å². The molecule has 0 saturated carbocycles. The van der Waals surface area contributed by atoms with Crippen LogP contribution in [0.1, 0.15) is 21.7 Å². The molecule has 2 N–H and O–H groups in total. The molecule has 3 aromatic rings. The Labute approximate surface area is 116 Å². The van der Waals surface area contributed by atoms with Crippen molar-refractivity contribution in [1.82, 2.24) is 9.55 Å². The summed E-state index contributed by atoms with van der Waals surface area (Å²) in [4.78, 5) is 14.6. The lowest BCUT2D eigenvalue weighted by Crippen LogP contribution is -1.99. The van der Waals surface area contributed by atoms with Gasteiger partial charge in [-0.25, -0.2) is 4.79 Å². The number of fused-ring (bicyclic) bond motifs is 1. The van der Waals surface area contributed by atoms with Crippen LogP contribution in [0.4, 0.5) is 0 Å². The second kappa shape index (κ2) is 4.27. The molecule has 0 aliphatic carbocycles. The van der Waals surface area contributed by atoms with Gasteiger partial charge in [0.05, 0.1) is 11.3 Å². The molecule has 0 saturated heterocycles. The number of aromatic nitrogens is 2. The molecule has 0 spiro atoms. The van der Waals surface area contributed by atoms with Crippen molar-refractivity contribution in [2.24, 2.45) is 7.05 Å². The Morgan fingerprint density at radius 1 is 1.25 bits per heavy atom. The quantitative estimate of drug-likeness (QED) is 0.747. The predicted molar refractivity (Wildman–Crippen MR) is 79.1 cm³/mol. The maximum Gasteiger partial charge on any atom is 0.337 e. The molecule has 0 aliphatic rings. The van der Waals surface area contributed by atoms with Gasteiger partial charge in [-0.05, 0) is 26.0 Å². The molecule has 2 heterocycles. The zero-order chi connectivity index (χ0) is 14.4. The van der Waals surface area contributed by atoms with Crippen LogP contribution in [0, 0.1) is 13.8 Å². The lowest BCUT2D eigenvalue weighted by Gasteiger charge is -2.05. The molecule has 2 aromatic heterocycles. The summed E-state index contributed by atoms with van der Waals surface area (Å²) in [6.07, 6.45) is 0. The van der Waals surface area contributed by atoms with E-state index >= 15 is 0 Å². The van der Waals surface area contributed by atoms with E-state index in [2.05, 4.69) is 11.1 Å². The van der Waals surface area contributed by atoms with Gasteiger partial charge in [-0.2, -0.15) is 0 Å². The van der Waals surface area contributed by atoms with E-state index in [0.717, 1.165) is 33.5 Å². The number of aromatic carboxylic acids is 1. The maximum atomic E-state index is 11.3. The highest BCUT2D eigenvalue weighted by Crippen LogP contribution is 2.34. The number of H-pyrrole nitrogens is 1. The number of nitrogens with zero attached hydrogens (tertiary/aromatic N) is 1.